The fourth-order valence-corrected chi connectivity index (χ4v) is 3.01. The maximum Gasteiger partial charge on any atom is 0.240 e. The molecule has 22 heavy (non-hydrogen) atoms. The van der Waals surface area contributed by atoms with Crippen molar-refractivity contribution < 1.29 is 4.52 Å². The third kappa shape index (κ3) is 3.93. The van der Waals surface area contributed by atoms with E-state index in [1.54, 1.807) is 0 Å². The van der Waals surface area contributed by atoms with Crippen LogP contribution in [0, 0.1) is 0 Å². The Labute approximate surface area is 131 Å². The lowest BCUT2D eigenvalue weighted by atomic mass is 10.1. The molecule has 0 amide bonds. The highest BCUT2D eigenvalue weighted by molar-refractivity contribution is 5.18. The van der Waals surface area contributed by atoms with Crippen molar-refractivity contribution in [1.29, 1.82) is 0 Å². The summed E-state index contributed by atoms with van der Waals surface area (Å²) in [6, 6.07) is 10.8. The van der Waals surface area contributed by atoms with Crippen molar-refractivity contribution in [2.24, 2.45) is 0 Å². The summed E-state index contributed by atoms with van der Waals surface area (Å²) in [7, 11) is 0. The molecule has 5 heteroatoms. The Balaban J connectivity index is 1.62. The molecule has 118 valence electrons. The predicted molar refractivity (Wildman–Crippen MR) is 85.5 cm³/mol. The number of hydrogen-bond acceptors (Lipinski definition) is 5. The summed E-state index contributed by atoms with van der Waals surface area (Å²) in [5.74, 6) is 1.49. The minimum Gasteiger partial charge on any atom is -0.338 e. The molecular weight excluding hydrogens is 276 g/mol. The van der Waals surface area contributed by atoms with Crippen molar-refractivity contribution in [3.63, 3.8) is 0 Å². The van der Waals surface area contributed by atoms with Crippen molar-refractivity contribution in [1.82, 2.24) is 20.4 Å². The average molecular weight is 300 g/mol. The second-order valence-electron chi connectivity index (χ2n) is 5.88. The molecule has 0 bridgehead atoms. The van der Waals surface area contributed by atoms with Crippen LogP contribution in [0.5, 0.6) is 0 Å². The fourth-order valence-electron chi connectivity index (χ4n) is 3.01. The molecule has 1 aromatic carbocycles. The topological polar surface area (TPSA) is 54.2 Å². The molecule has 2 aromatic rings. The Kier molecular flexibility index (Phi) is 5.19. The van der Waals surface area contributed by atoms with Crippen LogP contribution in [0.15, 0.2) is 34.9 Å². The molecule has 0 spiro atoms. The number of nitrogens with zero attached hydrogens (tertiary/aromatic N) is 3. The first kappa shape index (κ1) is 15.2. The highest BCUT2D eigenvalue weighted by atomic mass is 16.5. The van der Waals surface area contributed by atoms with Crippen LogP contribution in [0.3, 0.4) is 0 Å². The molecule has 1 fully saturated rings. The molecule has 1 N–H and O–H groups in total. The summed E-state index contributed by atoms with van der Waals surface area (Å²) < 4.78 is 5.45. The van der Waals surface area contributed by atoms with E-state index in [-0.39, 0.29) is 0 Å². The lowest BCUT2D eigenvalue weighted by Gasteiger charge is -2.26. The minimum absolute atomic E-state index is 0.587. The maximum atomic E-state index is 5.45. The van der Waals surface area contributed by atoms with Gasteiger partial charge < -0.3 is 9.84 Å². The van der Waals surface area contributed by atoms with Gasteiger partial charge in [0, 0.05) is 19.0 Å². The predicted octanol–water partition coefficient (Wildman–Crippen LogP) is 2.23. The lowest BCUT2D eigenvalue weighted by Crippen LogP contribution is -2.37. The first-order valence-electron chi connectivity index (χ1n) is 8.15. The van der Waals surface area contributed by atoms with Crippen LogP contribution in [0.4, 0.5) is 0 Å². The molecule has 1 aliphatic rings. The molecule has 1 unspecified atom stereocenters. The van der Waals surface area contributed by atoms with E-state index in [1.807, 2.05) is 18.2 Å². The Morgan fingerprint density at radius 2 is 2.18 bits per heavy atom. The molecule has 2 heterocycles. The Morgan fingerprint density at radius 1 is 1.32 bits per heavy atom. The highest BCUT2D eigenvalue weighted by Crippen LogP contribution is 2.14. The van der Waals surface area contributed by atoms with Gasteiger partial charge in [0.15, 0.2) is 5.82 Å². The van der Waals surface area contributed by atoms with Gasteiger partial charge in [-0.1, -0.05) is 42.4 Å². The molecule has 1 aliphatic heterocycles. The summed E-state index contributed by atoms with van der Waals surface area (Å²) in [6.45, 7) is 6.20. The first-order valence-corrected chi connectivity index (χ1v) is 8.15. The number of hydrogen-bond donors (Lipinski definition) is 1. The number of rotatable bonds is 7. The fraction of sp³-hybridized carbons (Fsp3) is 0.529. The Bertz CT molecular complexity index is 563. The largest absolute Gasteiger partial charge is 0.338 e. The van der Waals surface area contributed by atoms with E-state index in [2.05, 4.69) is 39.4 Å². The van der Waals surface area contributed by atoms with E-state index < -0.39 is 0 Å². The smallest absolute Gasteiger partial charge is 0.240 e. The third-order valence-electron chi connectivity index (χ3n) is 4.12. The highest BCUT2D eigenvalue weighted by Gasteiger charge is 2.23. The molecular formula is C17H24N4O. The Morgan fingerprint density at radius 3 is 2.91 bits per heavy atom. The van der Waals surface area contributed by atoms with Crippen LogP contribution in [0.1, 0.15) is 37.0 Å². The molecule has 3 rings (SSSR count). The van der Waals surface area contributed by atoms with Crippen LogP contribution < -0.4 is 5.32 Å². The standard InChI is InChI=1S/C17H24N4O/c1-2-10-21(15-8-9-18-12-15)13-17-19-16(20-22-17)11-14-6-4-3-5-7-14/h3-7,15,18H,2,8-13H2,1H3. The van der Waals surface area contributed by atoms with Gasteiger partial charge in [-0.05, 0) is 31.5 Å². The van der Waals surface area contributed by atoms with Crippen molar-refractivity contribution in [3.05, 3.63) is 47.6 Å². The summed E-state index contributed by atoms with van der Waals surface area (Å²) >= 11 is 0. The van der Waals surface area contributed by atoms with Gasteiger partial charge in [0.1, 0.15) is 0 Å². The van der Waals surface area contributed by atoms with Gasteiger partial charge >= 0.3 is 0 Å². The van der Waals surface area contributed by atoms with Gasteiger partial charge in [-0.15, -0.1) is 0 Å². The van der Waals surface area contributed by atoms with E-state index >= 15 is 0 Å². The van der Waals surface area contributed by atoms with E-state index in [1.165, 1.54) is 12.0 Å². The van der Waals surface area contributed by atoms with Gasteiger partial charge in [0.2, 0.25) is 5.89 Å². The molecule has 0 radical (unpaired) electrons. The molecule has 5 nitrogen and oxygen atoms in total. The number of benzene rings is 1. The van der Waals surface area contributed by atoms with Crippen LogP contribution >= 0.6 is 0 Å². The number of aromatic nitrogens is 2. The molecule has 0 saturated carbocycles. The van der Waals surface area contributed by atoms with Gasteiger partial charge in [0.05, 0.1) is 6.54 Å². The van der Waals surface area contributed by atoms with Crippen LogP contribution in [0.25, 0.3) is 0 Å². The van der Waals surface area contributed by atoms with Crippen molar-refractivity contribution in [2.75, 3.05) is 19.6 Å². The Hall–Kier alpha value is -1.72. The summed E-state index contributed by atoms with van der Waals surface area (Å²) in [5.41, 5.74) is 1.21. The first-order chi connectivity index (χ1) is 10.8. The van der Waals surface area contributed by atoms with Crippen LogP contribution in [-0.2, 0) is 13.0 Å². The molecule has 1 atom stereocenters. The van der Waals surface area contributed by atoms with Crippen molar-refractivity contribution in [3.8, 4) is 0 Å². The zero-order valence-corrected chi connectivity index (χ0v) is 13.2. The zero-order chi connectivity index (χ0) is 15.2. The quantitative estimate of drug-likeness (QED) is 0.850. The van der Waals surface area contributed by atoms with Crippen LogP contribution in [0.2, 0.25) is 0 Å². The van der Waals surface area contributed by atoms with Crippen molar-refractivity contribution in [2.45, 2.75) is 38.8 Å². The molecule has 1 saturated heterocycles. The second kappa shape index (κ2) is 7.51. The van der Waals surface area contributed by atoms with Gasteiger partial charge in [0.25, 0.3) is 0 Å². The summed E-state index contributed by atoms with van der Waals surface area (Å²) in [4.78, 5) is 7.02. The third-order valence-corrected chi connectivity index (χ3v) is 4.12. The zero-order valence-electron chi connectivity index (χ0n) is 13.2. The average Bonchev–Trinajstić information content (AvgIpc) is 3.20. The van der Waals surface area contributed by atoms with E-state index in [0.29, 0.717) is 6.04 Å². The second-order valence-corrected chi connectivity index (χ2v) is 5.88. The van der Waals surface area contributed by atoms with Gasteiger partial charge in [-0.25, -0.2) is 0 Å². The van der Waals surface area contributed by atoms with Gasteiger partial charge in [-0.2, -0.15) is 4.98 Å². The monoisotopic (exact) mass is 300 g/mol. The SMILES string of the molecule is CCCN(Cc1nc(Cc2ccccc2)no1)C1CCNC1. The van der Waals surface area contributed by atoms with Crippen molar-refractivity contribution >= 4 is 0 Å². The minimum atomic E-state index is 0.587. The van der Waals surface area contributed by atoms with E-state index in [4.69, 9.17) is 4.52 Å². The van der Waals surface area contributed by atoms with Crippen LogP contribution in [-0.4, -0.2) is 40.7 Å². The molecule has 0 aliphatic carbocycles. The van der Waals surface area contributed by atoms with Gasteiger partial charge in [-0.3, -0.25) is 4.90 Å². The van der Waals surface area contributed by atoms with E-state index in [0.717, 1.165) is 50.7 Å². The lowest BCUT2D eigenvalue weighted by molar-refractivity contribution is 0.174. The maximum absolute atomic E-state index is 5.45. The normalized spacial score (nSPS) is 18.2. The molecule has 1 aromatic heterocycles. The summed E-state index contributed by atoms with van der Waals surface area (Å²) in [6.07, 6.45) is 3.07. The van der Waals surface area contributed by atoms with E-state index in [9.17, 15) is 0 Å². The summed E-state index contributed by atoms with van der Waals surface area (Å²) in [5, 5.41) is 7.55. The number of nitrogens with one attached hydrogen (secondary N) is 1.